The van der Waals surface area contributed by atoms with Crippen molar-refractivity contribution < 1.29 is 0 Å². The summed E-state index contributed by atoms with van der Waals surface area (Å²) in [6.07, 6.45) is 11.3. The Morgan fingerprint density at radius 2 is 2.00 bits per heavy atom. The van der Waals surface area contributed by atoms with Crippen LogP contribution in [0.3, 0.4) is 0 Å². The first-order valence-corrected chi connectivity index (χ1v) is 7.25. The minimum absolute atomic E-state index is 0.160. The molecule has 3 nitrogen and oxygen atoms in total. The highest BCUT2D eigenvalue weighted by Gasteiger charge is 2.02. The van der Waals surface area contributed by atoms with Crippen molar-refractivity contribution in [1.29, 1.82) is 0 Å². The molecule has 22 heavy (non-hydrogen) atoms. The topological polar surface area (TPSA) is 50.1 Å². The second kappa shape index (κ2) is 10.2. The van der Waals surface area contributed by atoms with E-state index in [9.17, 15) is 0 Å². The summed E-state index contributed by atoms with van der Waals surface area (Å²) in [7, 11) is 0. The lowest BCUT2D eigenvalue weighted by molar-refractivity contribution is 0.903. The van der Waals surface area contributed by atoms with Gasteiger partial charge < -0.3 is 16.4 Å². The first-order chi connectivity index (χ1) is 10.7. The zero-order chi connectivity index (χ0) is 16.2. The van der Waals surface area contributed by atoms with Gasteiger partial charge in [-0.15, -0.1) is 0 Å². The number of hydrogen-bond acceptors (Lipinski definition) is 3. The summed E-state index contributed by atoms with van der Waals surface area (Å²) in [5.41, 5.74) is 9.40. The molecular formula is C19H25N3. The van der Waals surface area contributed by atoms with E-state index in [2.05, 4.69) is 23.8 Å². The third kappa shape index (κ3) is 6.77. The van der Waals surface area contributed by atoms with E-state index in [1.54, 1.807) is 12.3 Å². The van der Waals surface area contributed by atoms with Crippen LogP contribution in [0.5, 0.6) is 0 Å². The predicted octanol–water partition coefficient (Wildman–Crippen LogP) is 3.73. The summed E-state index contributed by atoms with van der Waals surface area (Å²) in [6.45, 7) is 10.0. The Kier molecular flexibility index (Phi) is 8.16. The maximum atomic E-state index is 6.23. The summed E-state index contributed by atoms with van der Waals surface area (Å²) in [5, 5.41) is 6.33. The molecule has 1 aromatic carbocycles. The summed E-state index contributed by atoms with van der Waals surface area (Å²) >= 11 is 0. The van der Waals surface area contributed by atoms with Gasteiger partial charge >= 0.3 is 0 Å². The van der Waals surface area contributed by atoms with E-state index in [1.807, 2.05) is 61.7 Å². The molecule has 0 saturated heterocycles. The van der Waals surface area contributed by atoms with Gasteiger partial charge in [-0.3, -0.25) is 0 Å². The Morgan fingerprint density at radius 3 is 2.64 bits per heavy atom. The molecule has 1 atom stereocenters. The van der Waals surface area contributed by atoms with E-state index in [0.29, 0.717) is 6.54 Å². The van der Waals surface area contributed by atoms with Crippen molar-refractivity contribution in [2.24, 2.45) is 5.73 Å². The summed E-state index contributed by atoms with van der Waals surface area (Å²) < 4.78 is 0. The quantitative estimate of drug-likeness (QED) is 0.608. The lowest BCUT2D eigenvalue weighted by Gasteiger charge is -2.11. The highest BCUT2D eigenvalue weighted by Crippen LogP contribution is 2.09. The maximum absolute atomic E-state index is 6.23. The molecule has 116 valence electrons. The SMILES string of the molecule is C=C/C=C/C(=C/C(N)/C(C)=C\Nc1ccccc1)CNC=C. The van der Waals surface area contributed by atoms with Crippen molar-refractivity contribution in [1.82, 2.24) is 5.32 Å². The van der Waals surface area contributed by atoms with Crippen molar-refractivity contribution in [2.75, 3.05) is 11.9 Å². The molecule has 3 heteroatoms. The van der Waals surface area contributed by atoms with Crippen LogP contribution in [-0.2, 0) is 0 Å². The Balaban J connectivity index is 2.74. The number of rotatable bonds is 9. The van der Waals surface area contributed by atoms with Crippen LogP contribution in [0.15, 0.2) is 91.3 Å². The number of allylic oxidation sites excluding steroid dienone is 2. The second-order valence-corrected chi connectivity index (χ2v) is 4.85. The Labute approximate surface area is 133 Å². The van der Waals surface area contributed by atoms with E-state index in [-0.39, 0.29) is 6.04 Å². The molecule has 0 amide bonds. The molecule has 0 aliphatic rings. The van der Waals surface area contributed by atoms with Crippen LogP contribution in [-0.4, -0.2) is 12.6 Å². The number of para-hydroxylation sites is 1. The number of nitrogens with one attached hydrogen (secondary N) is 2. The van der Waals surface area contributed by atoms with Gasteiger partial charge in [0, 0.05) is 24.5 Å². The van der Waals surface area contributed by atoms with E-state index in [4.69, 9.17) is 5.73 Å². The van der Waals surface area contributed by atoms with Crippen LogP contribution in [0.4, 0.5) is 5.69 Å². The van der Waals surface area contributed by atoms with Crippen molar-refractivity contribution in [2.45, 2.75) is 13.0 Å². The first kappa shape index (κ1) is 17.5. The molecule has 0 radical (unpaired) electrons. The van der Waals surface area contributed by atoms with Crippen molar-refractivity contribution in [3.05, 3.63) is 91.3 Å². The molecule has 0 fully saturated rings. The van der Waals surface area contributed by atoms with Gasteiger partial charge in [-0.05, 0) is 36.4 Å². The van der Waals surface area contributed by atoms with Crippen LogP contribution in [0, 0.1) is 0 Å². The van der Waals surface area contributed by atoms with Gasteiger partial charge in [0.2, 0.25) is 0 Å². The van der Waals surface area contributed by atoms with Gasteiger partial charge in [0.25, 0.3) is 0 Å². The smallest absolute Gasteiger partial charge is 0.0461 e. The summed E-state index contributed by atoms with van der Waals surface area (Å²) in [6, 6.07) is 9.83. The van der Waals surface area contributed by atoms with Crippen LogP contribution in [0.1, 0.15) is 6.92 Å². The lowest BCUT2D eigenvalue weighted by Crippen LogP contribution is -2.21. The third-order valence-corrected chi connectivity index (χ3v) is 3.06. The lowest BCUT2D eigenvalue weighted by atomic mass is 10.1. The van der Waals surface area contributed by atoms with E-state index >= 15 is 0 Å². The molecule has 0 aliphatic heterocycles. The largest absolute Gasteiger partial charge is 0.387 e. The van der Waals surface area contributed by atoms with Gasteiger partial charge in [-0.2, -0.15) is 0 Å². The van der Waals surface area contributed by atoms with Crippen LogP contribution in [0.2, 0.25) is 0 Å². The third-order valence-electron chi connectivity index (χ3n) is 3.06. The normalized spacial score (nSPS) is 13.7. The minimum atomic E-state index is -0.160. The van der Waals surface area contributed by atoms with E-state index in [1.165, 1.54) is 0 Å². The average Bonchev–Trinajstić information content (AvgIpc) is 2.55. The fourth-order valence-corrected chi connectivity index (χ4v) is 1.74. The highest BCUT2D eigenvalue weighted by molar-refractivity contribution is 5.46. The first-order valence-electron chi connectivity index (χ1n) is 7.25. The number of hydrogen-bond donors (Lipinski definition) is 3. The Morgan fingerprint density at radius 1 is 1.27 bits per heavy atom. The fraction of sp³-hybridized carbons (Fsp3) is 0.158. The van der Waals surface area contributed by atoms with Crippen molar-refractivity contribution >= 4 is 5.69 Å². The predicted molar refractivity (Wildman–Crippen MR) is 97.4 cm³/mol. The van der Waals surface area contributed by atoms with Crippen molar-refractivity contribution in [3.63, 3.8) is 0 Å². The number of benzene rings is 1. The standard InChI is InChI=1S/C19H25N3/c1-4-6-10-17(15-21-5-2)13-19(20)16(3)14-22-18-11-8-7-9-12-18/h4-14,19,21-22H,1-2,15,20H2,3H3/b10-6+,16-14-,17-13-. The monoisotopic (exact) mass is 295 g/mol. The number of nitrogens with two attached hydrogens (primary N) is 1. The zero-order valence-electron chi connectivity index (χ0n) is 13.1. The molecule has 1 unspecified atom stereocenters. The van der Waals surface area contributed by atoms with E-state index in [0.717, 1.165) is 16.8 Å². The average molecular weight is 295 g/mol. The summed E-state index contributed by atoms with van der Waals surface area (Å²) in [4.78, 5) is 0. The molecule has 1 aromatic rings. The maximum Gasteiger partial charge on any atom is 0.0461 e. The van der Waals surface area contributed by atoms with Crippen LogP contribution < -0.4 is 16.4 Å². The molecule has 0 aliphatic carbocycles. The molecule has 0 spiro atoms. The van der Waals surface area contributed by atoms with Gasteiger partial charge in [0.05, 0.1) is 0 Å². The van der Waals surface area contributed by atoms with Gasteiger partial charge in [0.1, 0.15) is 0 Å². The summed E-state index contributed by atoms with van der Waals surface area (Å²) in [5.74, 6) is 0. The Bertz CT molecular complexity index is 553. The molecule has 0 bridgehead atoms. The highest BCUT2D eigenvalue weighted by atomic mass is 14.8. The van der Waals surface area contributed by atoms with Gasteiger partial charge in [-0.1, -0.05) is 55.7 Å². The second-order valence-electron chi connectivity index (χ2n) is 4.85. The molecule has 0 heterocycles. The molecule has 4 N–H and O–H groups in total. The Hall–Kier alpha value is -2.52. The van der Waals surface area contributed by atoms with Gasteiger partial charge in [-0.25, -0.2) is 0 Å². The van der Waals surface area contributed by atoms with Crippen LogP contribution in [0.25, 0.3) is 0 Å². The molecule has 1 rings (SSSR count). The molecule has 0 aromatic heterocycles. The molecular weight excluding hydrogens is 270 g/mol. The minimum Gasteiger partial charge on any atom is -0.387 e. The van der Waals surface area contributed by atoms with Gasteiger partial charge in [0.15, 0.2) is 0 Å². The van der Waals surface area contributed by atoms with Crippen molar-refractivity contribution in [3.8, 4) is 0 Å². The number of anilines is 1. The van der Waals surface area contributed by atoms with Crippen LogP contribution >= 0.6 is 0 Å². The fourth-order valence-electron chi connectivity index (χ4n) is 1.74. The van der Waals surface area contributed by atoms with E-state index < -0.39 is 0 Å². The zero-order valence-corrected chi connectivity index (χ0v) is 13.1. The molecule has 0 saturated carbocycles.